The summed E-state index contributed by atoms with van der Waals surface area (Å²) in [5.41, 5.74) is 8.63. The third-order valence-electron chi connectivity index (χ3n) is 4.07. The standard InChI is InChI=1S/C16H26N2O/c1-12-8-9-18(11-16(12)19-3)15-7-5-4-6-14(15)10-13(2)17/h4-7,12-13,16H,8-11,17H2,1-3H3. The van der Waals surface area contributed by atoms with Crippen LogP contribution in [-0.4, -0.2) is 32.3 Å². The van der Waals surface area contributed by atoms with Crippen molar-refractivity contribution in [3.63, 3.8) is 0 Å². The first-order valence-corrected chi connectivity index (χ1v) is 7.23. The molecule has 0 saturated carbocycles. The van der Waals surface area contributed by atoms with Crippen LogP contribution in [0.1, 0.15) is 25.8 Å². The molecule has 0 amide bonds. The van der Waals surface area contributed by atoms with Crippen LogP contribution >= 0.6 is 0 Å². The number of ether oxygens (including phenoxy) is 1. The van der Waals surface area contributed by atoms with Crippen LogP contribution in [0.15, 0.2) is 24.3 Å². The Kier molecular flexibility index (Phi) is 4.83. The summed E-state index contributed by atoms with van der Waals surface area (Å²) in [7, 11) is 1.82. The lowest BCUT2D eigenvalue weighted by atomic mass is 9.94. The van der Waals surface area contributed by atoms with Crippen molar-refractivity contribution in [3.05, 3.63) is 29.8 Å². The summed E-state index contributed by atoms with van der Waals surface area (Å²) in [5.74, 6) is 0.641. The lowest BCUT2D eigenvalue weighted by Gasteiger charge is -2.38. The summed E-state index contributed by atoms with van der Waals surface area (Å²) in [6.45, 7) is 6.43. The summed E-state index contributed by atoms with van der Waals surface area (Å²) < 4.78 is 5.61. The number of rotatable bonds is 4. The Morgan fingerprint density at radius 2 is 2.16 bits per heavy atom. The van der Waals surface area contributed by atoms with Gasteiger partial charge in [-0.1, -0.05) is 25.1 Å². The zero-order valence-electron chi connectivity index (χ0n) is 12.3. The van der Waals surface area contributed by atoms with E-state index < -0.39 is 0 Å². The summed E-state index contributed by atoms with van der Waals surface area (Å²) in [5, 5.41) is 0. The minimum atomic E-state index is 0.197. The normalized spacial score (nSPS) is 25.4. The quantitative estimate of drug-likeness (QED) is 0.905. The van der Waals surface area contributed by atoms with Crippen LogP contribution in [0.5, 0.6) is 0 Å². The predicted octanol–water partition coefficient (Wildman–Crippen LogP) is 2.44. The largest absolute Gasteiger partial charge is 0.379 e. The molecule has 2 rings (SSSR count). The lowest BCUT2D eigenvalue weighted by Crippen LogP contribution is -2.44. The smallest absolute Gasteiger partial charge is 0.0772 e. The molecule has 106 valence electrons. The van der Waals surface area contributed by atoms with Crippen LogP contribution in [-0.2, 0) is 11.2 Å². The van der Waals surface area contributed by atoms with Gasteiger partial charge in [0.25, 0.3) is 0 Å². The average Bonchev–Trinajstić information content (AvgIpc) is 2.39. The van der Waals surface area contributed by atoms with Crippen molar-refractivity contribution >= 4 is 5.69 Å². The van der Waals surface area contributed by atoms with E-state index in [0.29, 0.717) is 12.0 Å². The number of nitrogens with two attached hydrogens (primary N) is 1. The minimum absolute atomic E-state index is 0.197. The SMILES string of the molecule is COC1CN(c2ccccc2CC(C)N)CCC1C. The third kappa shape index (κ3) is 3.48. The number of methoxy groups -OCH3 is 1. The molecule has 1 saturated heterocycles. The molecule has 2 N–H and O–H groups in total. The van der Waals surface area contributed by atoms with Crippen LogP contribution in [0, 0.1) is 5.92 Å². The molecule has 0 bridgehead atoms. The maximum absolute atomic E-state index is 5.96. The molecule has 0 spiro atoms. The number of piperidine rings is 1. The molecule has 3 nitrogen and oxygen atoms in total. The number of nitrogens with zero attached hydrogens (tertiary/aromatic N) is 1. The topological polar surface area (TPSA) is 38.5 Å². The van der Waals surface area contributed by atoms with Crippen LogP contribution in [0.3, 0.4) is 0 Å². The zero-order valence-corrected chi connectivity index (χ0v) is 12.3. The highest BCUT2D eigenvalue weighted by Crippen LogP contribution is 2.28. The van der Waals surface area contributed by atoms with Crippen molar-refractivity contribution in [1.29, 1.82) is 0 Å². The zero-order chi connectivity index (χ0) is 13.8. The summed E-state index contributed by atoms with van der Waals surface area (Å²) in [4.78, 5) is 2.45. The number of hydrogen-bond donors (Lipinski definition) is 1. The first-order chi connectivity index (χ1) is 9.11. The average molecular weight is 262 g/mol. The first-order valence-electron chi connectivity index (χ1n) is 7.23. The molecule has 19 heavy (non-hydrogen) atoms. The van der Waals surface area contributed by atoms with E-state index in [2.05, 4.69) is 43.0 Å². The van der Waals surface area contributed by atoms with Crippen molar-refractivity contribution in [1.82, 2.24) is 0 Å². The Balaban J connectivity index is 2.17. The first kappa shape index (κ1) is 14.4. The van der Waals surface area contributed by atoms with Gasteiger partial charge in [0.15, 0.2) is 0 Å². The van der Waals surface area contributed by atoms with Crippen molar-refractivity contribution in [2.24, 2.45) is 11.7 Å². The lowest BCUT2D eigenvalue weighted by molar-refractivity contribution is 0.0498. The van der Waals surface area contributed by atoms with Crippen LogP contribution in [0.4, 0.5) is 5.69 Å². The van der Waals surface area contributed by atoms with E-state index in [1.807, 2.05) is 7.11 Å². The minimum Gasteiger partial charge on any atom is -0.379 e. The molecule has 1 heterocycles. The molecule has 0 aromatic heterocycles. The monoisotopic (exact) mass is 262 g/mol. The van der Waals surface area contributed by atoms with E-state index in [9.17, 15) is 0 Å². The van der Waals surface area contributed by atoms with Crippen molar-refractivity contribution in [3.8, 4) is 0 Å². The molecule has 1 aromatic rings. The van der Waals surface area contributed by atoms with Gasteiger partial charge in [-0.25, -0.2) is 0 Å². The van der Waals surface area contributed by atoms with Gasteiger partial charge in [0.05, 0.1) is 6.10 Å². The van der Waals surface area contributed by atoms with Crippen molar-refractivity contribution in [2.75, 3.05) is 25.1 Å². The van der Waals surface area contributed by atoms with E-state index in [0.717, 1.165) is 19.5 Å². The van der Waals surface area contributed by atoms with Crippen LogP contribution in [0.25, 0.3) is 0 Å². The van der Waals surface area contributed by atoms with Gasteiger partial charge >= 0.3 is 0 Å². The number of anilines is 1. The van der Waals surface area contributed by atoms with E-state index in [1.54, 1.807) is 0 Å². The molecule has 3 unspecified atom stereocenters. The van der Waals surface area contributed by atoms with Gasteiger partial charge in [-0.2, -0.15) is 0 Å². The van der Waals surface area contributed by atoms with Crippen molar-refractivity contribution < 1.29 is 4.74 Å². The van der Waals surface area contributed by atoms with E-state index >= 15 is 0 Å². The van der Waals surface area contributed by atoms with Gasteiger partial charge in [-0.05, 0) is 37.3 Å². The fraction of sp³-hybridized carbons (Fsp3) is 0.625. The van der Waals surface area contributed by atoms with Crippen molar-refractivity contribution in [2.45, 2.75) is 38.8 Å². The van der Waals surface area contributed by atoms with Gasteiger partial charge in [0.1, 0.15) is 0 Å². The van der Waals surface area contributed by atoms with Gasteiger partial charge in [0.2, 0.25) is 0 Å². The highest BCUT2D eigenvalue weighted by Gasteiger charge is 2.27. The van der Waals surface area contributed by atoms with E-state index in [1.165, 1.54) is 17.7 Å². The number of hydrogen-bond acceptors (Lipinski definition) is 3. The predicted molar refractivity (Wildman–Crippen MR) is 80.6 cm³/mol. The fourth-order valence-corrected chi connectivity index (χ4v) is 2.90. The number of para-hydroxylation sites is 1. The van der Waals surface area contributed by atoms with E-state index in [4.69, 9.17) is 10.5 Å². The van der Waals surface area contributed by atoms with Crippen LogP contribution < -0.4 is 10.6 Å². The number of benzene rings is 1. The van der Waals surface area contributed by atoms with Gasteiger partial charge in [0, 0.05) is 31.9 Å². The second kappa shape index (κ2) is 6.40. The Labute approximate surface area is 116 Å². The Bertz CT molecular complexity index is 405. The Morgan fingerprint density at radius 3 is 2.84 bits per heavy atom. The fourth-order valence-electron chi connectivity index (χ4n) is 2.90. The second-order valence-electron chi connectivity index (χ2n) is 5.80. The maximum atomic E-state index is 5.96. The molecular formula is C16H26N2O. The molecule has 3 atom stereocenters. The molecule has 0 radical (unpaired) electrons. The highest BCUT2D eigenvalue weighted by molar-refractivity contribution is 5.54. The molecule has 1 fully saturated rings. The van der Waals surface area contributed by atoms with Crippen LogP contribution in [0.2, 0.25) is 0 Å². The summed E-state index contributed by atoms with van der Waals surface area (Å²) in [6, 6.07) is 8.81. The molecule has 1 aliphatic rings. The molecular weight excluding hydrogens is 236 g/mol. The Morgan fingerprint density at radius 1 is 1.42 bits per heavy atom. The Hall–Kier alpha value is -1.06. The molecule has 0 aliphatic carbocycles. The van der Waals surface area contributed by atoms with E-state index in [-0.39, 0.29) is 6.04 Å². The summed E-state index contributed by atoms with van der Waals surface area (Å²) >= 11 is 0. The molecule has 1 aromatic carbocycles. The third-order valence-corrected chi connectivity index (χ3v) is 4.07. The highest BCUT2D eigenvalue weighted by atomic mass is 16.5. The van der Waals surface area contributed by atoms with Gasteiger partial charge < -0.3 is 15.4 Å². The maximum Gasteiger partial charge on any atom is 0.0772 e. The molecule has 3 heteroatoms. The molecule has 1 aliphatic heterocycles. The van der Waals surface area contributed by atoms with Gasteiger partial charge in [-0.3, -0.25) is 0 Å². The summed E-state index contributed by atoms with van der Waals surface area (Å²) in [6.07, 6.45) is 2.45. The van der Waals surface area contributed by atoms with Gasteiger partial charge in [-0.15, -0.1) is 0 Å². The second-order valence-corrected chi connectivity index (χ2v) is 5.80.